The van der Waals surface area contributed by atoms with Crippen LogP contribution in [0.3, 0.4) is 0 Å². The normalized spacial score (nSPS) is 19.5. The summed E-state index contributed by atoms with van der Waals surface area (Å²) >= 11 is 0. The number of aryl methyl sites for hydroxylation is 2. The predicted octanol–water partition coefficient (Wildman–Crippen LogP) is 1.69. The van der Waals surface area contributed by atoms with Crippen LogP contribution in [0.2, 0.25) is 0 Å². The van der Waals surface area contributed by atoms with Crippen molar-refractivity contribution < 1.29 is 22.7 Å². The van der Waals surface area contributed by atoms with Crippen LogP contribution in [0.25, 0.3) is 0 Å². The van der Waals surface area contributed by atoms with E-state index >= 15 is 0 Å². The van der Waals surface area contributed by atoms with E-state index in [2.05, 4.69) is 4.72 Å². The van der Waals surface area contributed by atoms with Crippen molar-refractivity contribution in [2.75, 3.05) is 13.2 Å². The molecule has 128 valence electrons. The molecule has 2 atom stereocenters. The fraction of sp³-hybridized carbons (Fsp3) is 0.562. The van der Waals surface area contributed by atoms with Crippen LogP contribution in [-0.4, -0.2) is 39.7 Å². The number of carbonyl (C=O) groups excluding carboxylic acids is 1. The van der Waals surface area contributed by atoms with Gasteiger partial charge in [0.25, 0.3) is 15.9 Å². The zero-order valence-electron chi connectivity index (χ0n) is 13.7. The molecule has 2 unspecified atom stereocenters. The molecule has 1 saturated heterocycles. The van der Waals surface area contributed by atoms with Gasteiger partial charge in [-0.15, -0.1) is 0 Å². The Morgan fingerprint density at radius 2 is 2.13 bits per heavy atom. The van der Waals surface area contributed by atoms with Crippen molar-refractivity contribution in [1.29, 1.82) is 0 Å². The summed E-state index contributed by atoms with van der Waals surface area (Å²) in [5.41, 5.74) is 1.84. The second kappa shape index (κ2) is 7.42. The number of sulfonamides is 1. The van der Waals surface area contributed by atoms with E-state index in [0.717, 1.165) is 24.0 Å². The Balaban J connectivity index is 1.95. The standard InChI is InChI=1S/C16H23NO5S/c1-11-6-7-15(9-12(11)2)23(19,20)17-16(18)13(3)22-10-14-5-4-8-21-14/h6-7,9,13-14H,4-5,8,10H2,1-3H3,(H,17,18). The number of benzene rings is 1. The Kier molecular flexibility index (Phi) is 5.78. The van der Waals surface area contributed by atoms with E-state index < -0.39 is 22.0 Å². The summed E-state index contributed by atoms with van der Waals surface area (Å²) in [5, 5.41) is 0. The molecular weight excluding hydrogens is 318 g/mol. The summed E-state index contributed by atoms with van der Waals surface area (Å²) < 4.78 is 37.4. The van der Waals surface area contributed by atoms with E-state index in [1.807, 2.05) is 13.8 Å². The van der Waals surface area contributed by atoms with Crippen molar-refractivity contribution in [3.8, 4) is 0 Å². The highest BCUT2D eigenvalue weighted by Gasteiger charge is 2.24. The predicted molar refractivity (Wildman–Crippen MR) is 85.6 cm³/mol. The average molecular weight is 341 g/mol. The number of hydrogen-bond donors (Lipinski definition) is 1. The molecule has 0 aromatic heterocycles. The lowest BCUT2D eigenvalue weighted by molar-refractivity contribution is -0.131. The molecule has 0 aliphatic carbocycles. The summed E-state index contributed by atoms with van der Waals surface area (Å²) in [5.74, 6) is -0.679. The molecule has 1 aromatic carbocycles. The highest BCUT2D eigenvalue weighted by atomic mass is 32.2. The highest BCUT2D eigenvalue weighted by Crippen LogP contribution is 2.15. The molecule has 1 aromatic rings. The smallest absolute Gasteiger partial charge is 0.264 e. The Morgan fingerprint density at radius 1 is 1.39 bits per heavy atom. The van der Waals surface area contributed by atoms with Gasteiger partial charge >= 0.3 is 0 Å². The molecule has 0 radical (unpaired) electrons. The average Bonchev–Trinajstić information content (AvgIpc) is 3.00. The van der Waals surface area contributed by atoms with Gasteiger partial charge in [-0.1, -0.05) is 6.07 Å². The van der Waals surface area contributed by atoms with Crippen LogP contribution >= 0.6 is 0 Å². The third-order valence-electron chi connectivity index (χ3n) is 3.95. The molecule has 6 nitrogen and oxygen atoms in total. The molecule has 0 spiro atoms. The quantitative estimate of drug-likeness (QED) is 0.851. The monoisotopic (exact) mass is 341 g/mol. The Labute approximate surface area is 137 Å². The molecule has 7 heteroatoms. The van der Waals surface area contributed by atoms with E-state index in [1.54, 1.807) is 12.1 Å². The van der Waals surface area contributed by atoms with Crippen LogP contribution in [0.15, 0.2) is 23.1 Å². The van der Waals surface area contributed by atoms with E-state index in [1.165, 1.54) is 13.0 Å². The summed E-state index contributed by atoms with van der Waals surface area (Å²) in [4.78, 5) is 12.1. The van der Waals surface area contributed by atoms with Gasteiger partial charge in [-0.05, 0) is 56.9 Å². The number of amides is 1. The minimum atomic E-state index is -3.89. The van der Waals surface area contributed by atoms with Crippen molar-refractivity contribution in [2.24, 2.45) is 0 Å². The van der Waals surface area contributed by atoms with Crippen LogP contribution in [0.4, 0.5) is 0 Å². The molecule has 1 aliphatic rings. The van der Waals surface area contributed by atoms with Crippen molar-refractivity contribution >= 4 is 15.9 Å². The van der Waals surface area contributed by atoms with Crippen molar-refractivity contribution in [1.82, 2.24) is 4.72 Å². The first-order chi connectivity index (χ1) is 10.8. The molecule has 1 fully saturated rings. The molecular formula is C16H23NO5S. The number of hydrogen-bond acceptors (Lipinski definition) is 5. The number of nitrogens with one attached hydrogen (secondary N) is 1. The summed E-state index contributed by atoms with van der Waals surface area (Å²) in [7, 11) is -3.89. The Hall–Kier alpha value is -1.44. The van der Waals surface area contributed by atoms with Gasteiger partial charge in [0.2, 0.25) is 0 Å². The SMILES string of the molecule is Cc1ccc(S(=O)(=O)NC(=O)C(C)OCC2CCCO2)cc1C. The molecule has 0 bridgehead atoms. The summed E-state index contributed by atoms with van der Waals surface area (Å²) in [6, 6.07) is 4.74. The van der Waals surface area contributed by atoms with Crippen LogP contribution in [0.5, 0.6) is 0 Å². The van der Waals surface area contributed by atoms with Crippen LogP contribution in [-0.2, 0) is 24.3 Å². The van der Waals surface area contributed by atoms with Gasteiger partial charge in [-0.25, -0.2) is 13.1 Å². The fourth-order valence-electron chi connectivity index (χ4n) is 2.26. The van der Waals surface area contributed by atoms with Crippen molar-refractivity contribution in [3.05, 3.63) is 29.3 Å². The Bertz CT molecular complexity index is 665. The molecule has 1 heterocycles. The van der Waals surface area contributed by atoms with E-state index in [4.69, 9.17) is 9.47 Å². The lowest BCUT2D eigenvalue weighted by Gasteiger charge is -2.16. The summed E-state index contributed by atoms with van der Waals surface area (Å²) in [6.07, 6.45) is 1.01. The molecule has 0 saturated carbocycles. The van der Waals surface area contributed by atoms with E-state index in [9.17, 15) is 13.2 Å². The number of rotatable bonds is 6. The van der Waals surface area contributed by atoms with Gasteiger partial charge in [0.1, 0.15) is 6.10 Å². The van der Waals surface area contributed by atoms with E-state index in [-0.39, 0.29) is 17.6 Å². The number of carbonyl (C=O) groups is 1. The van der Waals surface area contributed by atoms with Gasteiger partial charge < -0.3 is 9.47 Å². The molecule has 1 amide bonds. The minimum Gasteiger partial charge on any atom is -0.376 e. The molecule has 1 N–H and O–H groups in total. The third-order valence-corrected chi connectivity index (χ3v) is 5.29. The van der Waals surface area contributed by atoms with Crippen LogP contribution in [0.1, 0.15) is 30.9 Å². The van der Waals surface area contributed by atoms with Gasteiger partial charge in [0.05, 0.1) is 17.6 Å². The first-order valence-corrected chi connectivity index (χ1v) is 9.15. The van der Waals surface area contributed by atoms with Crippen LogP contribution in [0, 0.1) is 13.8 Å². The van der Waals surface area contributed by atoms with Gasteiger partial charge in [-0.2, -0.15) is 0 Å². The lowest BCUT2D eigenvalue weighted by Crippen LogP contribution is -2.39. The second-order valence-corrected chi connectivity index (χ2v) is 7.51. The lowest BCUT2D eigenvalue weighted by atomic mass is 10.1. The zero-order valence-corrected chi connectivity index (χ0v) is 14.5. The van der Waals surface area contributed by atoms with Crippen molar-refractivity contribution in [2.45, 2.75) is 50.7 Å². The fourth-order valence-corrected chi connectivity index (χ4v) is 3.39. The maximum atomic E-state index is 12.3. The molecule has 1 aliphatic heterocycles. The van der Waals surface area contributed by atoms with Crippen molar-refractivity contribution in [3.63, 3.8) is 0 Å². The van der Waals surface area contributed by atoms with Gasteiger partial charge in [0, 0.05) is 6.61 Å². The largest absolute Gasteiger partial charge is 0.376 e. The molecule has 2 rings (SSSR count). The van der Waals surface area contributed by atoms with Gasteiger partial charge in [-0.3, -0.25) is 4.79 Å². The highest BCUT2D eigenvalue weighted by molar-refractivity contribution is 7.90. The third kappa shape index (κ3) is 4.76. The summed E-state index contributed by atoms with van der Waals surface area (Å²) in [6.45, 7) is 6.24. The maximum absolute atomic E-state index is 12.3. The molecule has 23 heavy (non-hydrogen) atoms. The number of ether oxygens (including phenoxy) is 2. The Morgan fingerprint density at radius 3 is 2.74 bits per heavy atom. The second-order valence-electron chi connectivity index (χ2n) is 5.83. The topological polar surface area (TPSA) is 81.7 Å². The minimum absolute atomic E-state index is 0.0124. The first-order valence-electron chi connectivity index (χ1n) is 7.67. The van der Waals surface area contributed by atoms with Crippen LogP contribution < -0.4 is 4.72 Å². The first kappa shape index (κ1) is 17.9. The van der Waals surface area contributed by atoms with Gasteiger partial charge in [0.15, 0.2) is 0 Å². The van der Waals surface area contributed by atoms with E-state index in [0.29, 0.717) is 6.61 Å². The zero-order chi connectivity index (χ0) is 17.0. The maximum Gasteiger partial charge on any atom is 0.264 e.